The molecular formula is C21H31N6O6P. The number of carbonyl (C=O) groups is 1. The van der Waals surface area contributed by atoms with Gasteiger partial charge in [0.25, 0.3) is 5.56 Å². The van der Waals surface area contributed by atoms with E-state index in [-0.39, 0.29) is 24.5 Å². The minimum absolute atomic E-state index is 0.0332. The summed E-state index contributed by atoms with van der Waals surface area (Å²) >= 11 is 0. The van der Waals surface area contributed by atoms with Gasteiger partial charge in [0.05, 0.1) is 30.6 Å². The zero-order valence-electron chi connectivity index (χ0n) is 19.6. The van der Waals surface area contributed by atoms with Gasteiger partial charge in [-0.3, -0.25) is 14.3 Å². The molecule has 0 aliphatic heterocycles. The Morgan fingerprint density at radius 1 is 1.26 bits per heavy atom. The summed E-state index contributed by atoms with van der Waals surface area (Å²) in [7, 11) is -1.78. The lowest BCUT2D eigenvalue weighted by atomic mass is 10.2. The summed E-state index contributed by atoms with van der Waals surface area (Å²) in [6, 6.07) is 8.61. The van der Waals surface area contributed by atoms with Crippen molar-refractivity contribution in [1.82, 2.24) is 24.7 Å². The Kier molecular flexibility index (Phi) is 10.4. The van der Waals surface area contributed by atoms with Crippen molar-refractivity contribution in [1.29, 1.82) is 0 Å². The molecule has 3 aromatic rings. The van der Waals surface area contributed by atoms with Crippen LogP contribution in [-0.4, -0.2) is 58.1 Å². The lowest BCUT2D eigenvalue weighted by molar-refractivity contribution is -0.106. The quantitative estimate of drug-likeness (QED) is 0.265. The smallest absolute Gasteiger partial charge is 0.342 e. The second-order valence-electron chi connectivity index (χ2n) is 7.53. The Bertz CT molecular complexity index is 1150. The standard InChI is InChI=1S/C17H21N6O5P.C4H10O/c1-12(9-13-10-19-15-16(25)21-17(18)22-23(13)15)27-11-29(26,20-7-8-24)28-14-5-3-2-4-6-14;1-4(2)5-3/h2-6,8,10,12H,7,9,11H2,1H3,(H,20,26)(H3,18,21,22,25);4H,1-3H3. The van der Waals surface area contributed by atoms with Crippen molar-refractivity contribution < 1.29 is 23.4 Å². The third-order valence-electron chi connectivity index (χ3n) is 4.37. The number of benzene rings is 1. The van der Waals surface area contributed by atoms with E-state index < -0.39 is 19.2 Å². The zero-order valence-corrected chi connectivity index (χ0v) is 20.5. The molecule has 1 aromatic carbocycles. The Morgan fingerprint density at radius 3 is 2.56 bits per heavy atom. The molecule has 0 spiro atoms. The number of nitrogens with one attached hydrogen (secondary N) is 2. The van der Waals surface area contributed by atoms with Crippen LogP contribution in [0.2, 0.25) is 0 Å². The summed E-state index contributed by atoms with van der Waals surface area (Å²) in [5.74, 6) is 0.361. The van der Waals surface area contributed by atoms with Gasteiger partial charge in [0.1, 0.15) is 18.4 Å². The molecule has 0 saturated carbocycles. The van der Waals surface area contributed by atoms with Crippen LogP contribution in [0.4, 0.5) is 5.95 Å². The van der Waals surface area contributed by atoms with Gasteiger partial charge in [-0.25, -0.2) is 14.6 Å². The van der Waals surface area contributed by atoms with Crippen molar-refractivity contribution in [3.05, 3.63) is 52.6 Å². The van der Waals surface area contributed by atoms with Gasteiger partial charge in [0.15, 0.2) is 0 Å². The minimum atomic E-state index is -3.48. The molecule has 13 heteroatoms. The van der Waals surface area contributed by atoms with E-state index in [4.69, 9.17) is 19.7 Å². The van der Waals surface area contributed by atoms with Crippen LogP contribution in [0.15, 0.2) is 41.3 Å². The number of carbonyl (C=O) groups excluding carboxylic acids is 1. The van der Waals surface area contributed by atoms with Gasteiger partial charge >= 0.3 is 7.52 Å². The lowest BCUT2D eigenvalue weighted by Crippen LogP contribution is -2.23. The van der Waals surface area contributed by atoms with E-state index in [2.05, 4.69) is 20.2 Å². The van der Waals surface area contributed by atoms with Crippen LogP contribution >= 0.6 is 7.52 Å². The summed E-state index contributed by atoms with van der Waals surface area (Å²) in [4.78, 5) is 29.0. The molecule has 12 nitrogen and oxygen atoms in total. The average Bonchev–Trinajstić information content (AvgIpc) is 3.20. The predicted octanol–water partition coefficient (Wildman–Crippen LogP) is 2.01. The summed E-state index contributed by atoms with van der Waals surface area (Å²) < 4.78 is 30.4. The van der Waals surface area contributed by atoms with E-state index in [1.54, 1.807) is 44.4 Å². The Morgan fingerprint density at radius 2 is 1.94 bits per heavy atom. The molecule has 0 fully saturated rings. The number of nitrogens with two attached hydrogens (primary N) is 1. The summed E-state index contributed by atoms with van der Waals surface area (Å²) in [6.45, 7) is 5.63. The van der Waals surface area contributed by atoms with E-state index >= 15 is 0 Å². The number of para-hydroxylation sites is 1. The molecule has 34 heavy (non-hydrogen) atoms. The highest BCUT2D eigenvalue weighted by Crippen LogP contribution is 2.43. The molecule has 0 amide bonds. The first-order valence-electron chi connectivity index (χ1n) is 10.6. The topological polar surface area (TPSA) is 163 Å². The molecule has 2 heterocycles. The van der Waals surface area contributed by atoms with E-state index in [9.17, 15) is 14.2 Å². The zero-order chi connectivity index (χ0) is 25.1. The minimum Gasteiger partial charge on any atom is -0.431 e. The number of ether oxygens (including phenoxy) is 2. The van der Waals surface area contributed by atoms with Gasteiger partial charge in [-0.2, -0.15) is 0 Å². The highest BCUT2D eigenvalue weighted by Gasteiger charge is 2.26. The van der Waals surface area contributed by atoms with Crippen molar-refractivity contribution in [3.63, 3.8) is 0 Å². The Labute approximate surface area is 197 Å². The number of nitrogens with zero attached hydrogens (tertiary/aromatic N) is 3. The fourth-order valence-electron chi connectivity index (χ4n) is 2.60. The van der Waals surface area contributed by atoms with Crippen molar-refractivity contribution >= 4 is 25.4 Å². The highest BCUT2D eigenvalue weighted by molar-refractivity contribution is 7.57. The van der Waals surface area contributed by atoms with Gasteiger partial charge in [-0.1, -0.05) is 18.2 Å². The number of hydrogen-bond acceptors (Lipinski definition) is 9. The molecule has 4 N–H and O–H groups in total. The van der Waals surface area contributed by atoms with Gasteiger partial charge in [0.2, 0.25) is 11.6 Å². The largest absolute Gasteiger partial charge is 0.431 e. The van der Waals surface area contributed by atoms with E-state index in [0.717, 1.165) is 0 Å². The van der Waals surface area contributed by atoms with Crippen LogP contribution in [0.1, 0.15) is 26.5 Å². The number of aldehydes is 1. The number of nitrogen functional groups attached to an aromatic ring is 1. The van der Waals surface area contributed by atoms with Gasteiger partial charge in [-0.05, 0) is 32.9 Å². The van der Waals surface area contributed by atoms with Crippen molar-refractivity contribution in [2.75, 3.05) is 25.7 Å². The van der Waals surface area contributed by atoms with Crippen LogP contribution < -0.4 is 20.9 Å². The number of aromatic nitrogens is 4. The Hall–Kier alpha value is -3.05. The third-order valence-corrected chi connectivity index (χ3v) is 6.03. The fraction of sp³-hybridized carbons (Fsp3) is 0.429. The van der Waals surface area contributed by atoms with Crippen molar-refractivity contribution in [2.45, 2.75) is 39.4 Å². The Balaban J connectivity index is 0.000000739. The van der Waals surface area contributed by atoms with Gasteiger partial charge < -0.3 is 24.5 Å². The van der Waals surface area contributed by atoms with E-state index in [1.165, 1.54) is 10.7 Å². The highest BCUT2D eigenvalue weighted by atomic mass is 31.2. The normalized spacial score (nSPS) is 13.7. The lowest BCUT2D eigenvalue weighted by Gasteiger charge is -2.21. The number of fused-ring (bicyclic) bond motifs is 1. The number of methoxy groups -OCH3 is 1. The van der Waals surface area contributed by atoms with Crippen LogP contribution in [0.3, 0.4) is 0 Å². The second kappa shape index (κ2) is 13.0. The molecular weight excluding hydrogens is 463 g/mol. The summed E-state index contributed by atoms with van der Waals surface area (Å²) in [5.41, 5.74) is 5.85. The maximum Gasteiger partial charge on any atom is 0.342 e. The first-order chi connectivity index (χ1) is 16.2. The number of imidazole rings is 1. The molecule has 0 radical (unpaired) electrons. The number of anilines is 1. The molecule has 0 bridgehead atoms. The number of aromatic amines is 1. The number of rotatable bonds is 11. The van der Waals surface area contributed by atoms with Crippen LogP contribution in [0.5, 0.6) is 5.75 Å². The molecule has 0 saturated heterocycles. The van der Waals surface area contributed by atoms with Crippen molar-refractivity contribution in [2.24, 2.45) is 0 Å². The molecule has 0 aliphatic carbocycles. The molecule has 2 atom stereocenters. The molecule has 186 valence electrons. The summed E-state index contributed by atoms with van der Waals surface area (Å²) in [5, 5.41) is 6.65. The predicted molar refractivity (Wildman–Crippen MR) is 128 cm³/mol. The van der Waals surface area contributed by atoms with E-state index in [1.807, 2.05) is 13.8 Å². The molecule has 2 unspecified atom stereocenters. The number of hydrogen-bond donors (Lipinski definition) is 3. The van der Waals surface area contributed by atoms with Crippen LogP contribution in [0, 0.1) is 0 Å². The first-order valence-corrected chi connectivity index (χ1v) is 12.4. The monoisotopic (exact) mass is 494 g/mol. The second-order valence-corrected chi connectivity index (χ2v) is 9.63. The van der Waals surface area contributed by atoms with Gasteiger partial charge in [-0.15, -0.1) is 5.10 Å². The molecule has 3 rings (SSSR count). The van der Waals surface area contributed by atoms with Crippen LogP contribution in [0.25, 0.3) is 5.65 Å². The fourth-order valence-corrected chi connectivity index (χ4v) is 4.08. The third kappa shape index (κ3) is 8.38. The molecule has 0 aliphatic rings. The maximum absolute atomic E-state index is 13.0. The van der Waals surface area contributed by atoms with Gasteiger partial charge in [0, 0.05) is 13.5 Å². The SMILES string of the molecule is CC(Cc1cnc2c(=O)[nH]c(N)nn12)OCP(=O)(NCC=O)Oc1ccccc1.COC(C)C. The van der Waals surface area contributed by atoms with Crippen molar-refractivity contribution in [3.8, 4) is 5.75 Å². The average molecular weight is 494 g/mol. The molecule has 2 aromatic heterocycles. The van der Waals surface area contributed by atoms with E-state index in [0.29, 0.717) is 30.3 Å². The number of H-pyrrole nitrogens is 1. The first kappa shape index (κ1) is 27.2. The maximum atomic E-state index is 13.0. The van der Waals surface area contributed by atoms with Crippen LogP contribution in [-0.2, 0) is 25.3 Å². The summed E-state index contributed by atoms with van der Waals surface area (Å²) in [6.07, 6.45) is 2.13.